The average molecular weight is 264 g/mol. The molecule has 1 saturated heterocycles. The Morgan fingerprint density at radius 1 is 1.37 bits per heavy atom. The van der Waals surface area contributed by atoms with Gasteiger partial charge in [-0.15, -0.1) is 0 Å². The molecule has 1 fully saturated rings. The van der Waals surface area contributed by atoms with Gasteiger partial charge in [-0.05, 0) is 44.2 Å². The van der Waals surface area contributed by atoms with Gasteiger partial charge in [-0.3, -0.25) is 14.5 Å². The molecule has 0 aliphatic carbocycles. The van der Waals surface area contributed by atoms with E-state index in [0.717, 1.165) is 0 Å². The van der Waals surface area contributed by atoms with Crippen molar-refractivity contribution in [2.75, 3.05) is 19.6 Å². The lowest BCUT2D eigenvalue weighted by Gasteiger charge is -2.20. The van der Waals surface area contributed by atoms with E-state index in [0.29, 0.717) is 25.1 Å². The van der Waals surface area contributed by atoms with Gasteiger partial charge in [-0.25, -0.2) is 4.39 Å². The molecule has 1 amide bonds. The van der Waals surface area contributed by atoms with Crippen LogP contribution in [0.15, 0.2) is 24.3 Å². The largest absolute Gasteiger partial charge is 0.369 e. The molecule has 1 atom stereocenters. The number of nitrogens with zero attached hydrogens (tertiary/aromatic N) is 1. The lowest BCUT2D eigenvalue weighted by Crippen LogP contribution is -2.38. The number of amides is 1. The molecule has 0 bridgehead atoms. The maximum absolute atomic E-state index is 12.8. The maximum Gasteiger partial charge on any atom is 0.224 e. The van der Waals surface area contributed by atoms with Crippen LogP contribution in [0.2, 0.25) is 0 Å². The Bertz CT molecular complexity index is 501. The van der Waals surface area contributed by atoms with Crippen LogP contribution in [-0.4, -0.2) is 36.2 Å². The molecule has 0 spiro atoms. The van der Waals surface area contributed by atoms with Gasteiger partial charge in [0.05, 0.1) is 12.0 Å². The van der Waals surface area contributed by atoms with Crippen molar-refractivity contribution >= 4 is 11.7 Å². The number of carbonyl (C=O) groups is 2. The van der Waals surface area contributed by atoms with Gasteiger partial charge in [-0.2, -0.15) is 0 Å². The van der Waals surface area contributed by atoms with Crippen molar-refractivity contribution in [2.45, 2.75) is 13.3 Å². The molecule has 5 heteroatoms. The third-order valence-electron chi connectivity index (χ3n) is 3.68. The highest BCUT2D eigenvalue weighted by Gasteiger charge is 2.39. The van der Waals surface area contributed by atoms with Crippen molar-refractivity contribution in [1.29, 1.82) is 0 Å². The summed E-state index contributed by atoms with van der Waals surface area (Å²) in [4.78, 5) is 25.3. The first kappa shape index (κ1) is 13.7. The summed E-state index contributed by atoms with van der Waals surface area (Å²) in [6.45, 7) is 3.22. The Morgan fingerprint density at radius 3 is 2.53 bits per heavy atom. The molecule has 0 aromatic heterocycles. The van der Waals surface area contributed by atoms with Gasteiger partial charge in [0.25, 0.3) is 0 Å². The number of ketones is 1. The first-order chi connectivity index (χ1) is 8.90. The quantitative estimate of drug-likeness (QED) is 0.831. The number of Topliss-reactive ketones (excluding diaryl/α,β-unsaturated/α-hetero) is 1. The van der Waals surface area contributed by atoms with Gasteiger partial charge in [0.1, 0.15) is 5.82 Å². The summed E-state index contributed by atoms with van der Waals surface area (Å²) in [6, 6.07) is 5.48. The van der Waals surface area contributed by atoms with E-state index in [4.69, 9.17) is 5.73 Å². The molecule has 1 aliphatic heterocycles. The number of halogens is 1. The van der Waals surface area contributed by atoms with Gasteiger partial charge in [0.15, 0.2) is 5.78 Å². The Morgan fingerprint density at radius 2 is 2.00 bits per heavy atom. The minimum atomic E-state index is -0.553. The zero-order chi connectivity index (χ0) is 14.0. The number of rotatable bonds is 4. The van der Waals surface area contributed by atoms with Crippen LogP contribution in [0.25, 0.3) is 0 Å². The molecule has 0 radical (unpaired) electrons. The van der Waals surface area contributed by atoms with Crippen LogP contribution in [0.5, 0.6) is 0 Å². The number of hydrogen-bond donors (Lipinski definition) is 1. The average Bonchev–Trinajstić information content (AvgIpc) is 2.73. The van der Waals surface area contributed by atoms with E-state index in [1.807, 2.05) is 11.8 Å². The molecule has 2 N–H and O–H groups in total. The number of benzene rings is 1. The first-order valence-corrected chi connectivity index (χ1v) is 6.22. The summed E-state index contributed by atoms with van der Waals surface area (Å²) in [5.74, 6) is -0.767. The van der Waals surface area contributed by atoms with Crippen molar-refractivity contribution in [2.24, 2.45) is 11.1 Å². The molecule has 1 aliphatic rings. The number of likely N-dealkylation sites (tertiary alicyclic amines) is 1. The third kappa shape index (κ3) is 2.98. The minimum absolute atomic E-state index is 0.0753. The molecule has 2 rings (SSSR count). The van der Waals surface area contributed by atoms with Gasteiger partial charge < -0.3 is 5.73 Å². The topological polar surface area (TPSA) is 63.4 Å². The SMILES string of the molecule is CC1(C(N)=O)CCN(CC(=O)c2ccc(F)cc2)C1. The fourth-order valence-electron chi connectivity index (χ4n) is 2.32. The highest BCUT2D eigenvalue weighted by molar-refractivity contribution is 5.97. The molecule has 1 aromatic carbocycles. The Hall–Kier alpha value is -1.75. The van der Waals surface area contributed by atoms with E-state index in [2.05, 4.69) is 0 Å². The molecule has 4 nitrogen and oxygen atoms in total. The highest BCUT2D eigenvalue weighted by atomic mass is 19.1. The first-order valence-electron chi connectivity index (χ1n) is 6.22. The Labute approximate surface area is 111 Å². The van der Waals surface area contributed by atoms with Crippen molar-refractivity contribution < 1.29 is 14.0 Å². The van der Waals surface area contributed by atoms with Gasteiger partial charge >= 0.3 is 0 Å². The van der Waals surface area contributed by atoms with Crippen LogP contribution in [0.1, 0.15) is 23.7 Å². The number of nitrogens with two attached hydrogens (primary N) is 1. The Kier molecular flexibility index (Phi) is 3.66. The summed E-state index contributed by atoms with van der Waals surface area (Å²) in [5, 5.41) is 0. The third-order valence-corrected chi connectivity index (χ3v) is 3.68. The predicted molar refractivity (Wildman–Crippen MR) is 69.1 cm³/mol. The summed E-state index contributed by atoms with van der Waals surface area (Å²) >= 11 is 0. The van der Waals surface area contributed by atoms with E-state index < -0.39 is 5.41 Å². The van der Waals surface area contributed by atoms with Crippen LogP contribution >= 0.6 is 0 Å². The van der Waals surface area contributed by atoms with Crippen molar-refractivity contribution in [3.63, 3.8) is 0 Å². The molecule has 0 saturated carbocycles. The zero-order valence-electron chi connectivity index (χ0n) is 10.9. The number of primary amides is 1. The highest BCUT2D eigenvalue weighted by Crippen LogP contribution is 2.29. The fourth-order valence-corrected chi connectivity index (χ4v) is 2.32. The van der Waals surface area contributed by atoms with E-state index in [-0.39, 0.29) is 24.1 Å². The van der Waals surface area contributed by atoms with Crippen molar-refractivity contribution in [3.05, 3.63) is 35.6 Å². The van der Waals surface area contributed by atoms with Crippen LogP contribution < -0.4 is 5.73 Å². The second kappa shape index (κ2) is 5.09. The smallest absolute Gasteiger partial charge is 0.224 e. The summed E-state index contributed by atoms with van der Waals surface area (Å²) < 4.78 is 12.8. The second-order valence-electron chi connectivity index (χ2n) is 5.32. The van der Waals surface area contributed by atoms with Crippen LogP contribution in [0, 0.1) is 11.2 Å². The van der Waals surface area contributed by atoms with Gasteiger partial charge in [-0.1, -0.05) is 0 Å². The lowest BCUT2D eigenvalue weighted by molar-refractivity contribution is -0.126. The minimum Gasteiger partial charge on any atom is -0.369 e. The van der Waals surface area contributed by atoms with Gasteiger partial charge in [0, 0.05) is 12.1 Å². The predicted octanol–water partition coefficient (Wildman–Crippen LogP) is 1.21. The number of hydrogen-bond acceptors (Lipinski definition) is 3. The molecule has 1 heterocycles. The lowest BCUT2D eigenvalue weighted by atomic mass is 9.89. The molecular weight excluding hydrogens is 247 g/mol. The molecule has 1 aromatic rings. The maximum atomic E-state index is 12.8. The molecule has 102 valence electrons. The zero-order valence-corrected chi connectivity index (χ0v) is 10.9. The monoisotopic (exact) mass is 264 g/mol. The fraction of sp³-hybridized carbons (Fsp3) is 0.429. The van der Waals surface area contributed by atoms with E-state index in [9.17, 15) is 14.0 Å². The summed E-state index contributed by atoms with van der Waals surface area (Å²) in [6.07, 6.45) is 0.666. The second-order valence-corrected chi connectivity index (χ2v) is 5.32. The van der Waals surface area contributed by atoms with E-state index in [1.165, 1.54) is 24.3 Å². The standard InChI is InChI=1S/C14H17FN2O2/c1-14(13(16)19)6-7-17(9-14)8-12(18)10-2-4-11(15)5-3-10/h2-5H,6-9H2,1H3,(H2,16,19). The van der Waals surface area contributed by atoms with Crippen molar-refractivity contribution in [3.8, 4) is 0 Å². The molecule has 19 heavy (non-hydrogen) atoms. The summed E-state index contributed by atoms with van der Waals surface area (Å²) in [5.41, 5.74) is 5.29. The molecule has 1 unspecified atom stereocenters. The van der Waals surface area contributed by atoms with Crippen LogP contribution in [-0.2, 0) is 4.79 Å². The van der Waals surface area contributed by atoms with Gasteiger partial charge in [0.2, 0.25) is 5.91 Å². The van der Waals surface area contributed by atoms with E-state index in [1.54, 1.807) is 0 Å². The number of carbonyl (C=O) groups excluding carboxylic acids is 2. The summed E-state index contributed by atoms with van der Waals surface area (Å²) in [7, 11) is 0. The van der Waals surface area contributed by atoms with E-state index >= 15 is 0 Å². The Balaban J connectivity index is 1.98. The van der Waals surface area contributed by atoms with Crippen LogP contribution in [0.4, 0.5) is 4.39 Å². The van der Waals surface area contributed by atoms with Crippen LogP contribution in [0.3, 0.4) is 0 Å². The normalized spacial score (nSPS) is 23.5. The van der Waals surface area contributed by atoms with Crippen molar-refractivity contribution in [1.82, 2.24) is 4.90 Å². The molecular formula is C14H17FN2O2.